The minimum Gasteiger partial charge on any atom is -0.497 e. The fraction of sp³-hybridized carbons (Fsp3) is 0.250. The van der Waals surface area contributed by atoms with Gasteiger partial charge in [0.25, 0.3) is 5.91 Å². The van der Waals surface area contributed by atoms with E-state index < -0.39 is 0 Å². The Morgan fingerprint density at radius 1 is 1.03 bits per heavy atom. The summed E-state index contributed by atoms with van der Waals surface area (Å²) in [6.45, 7) is 2.00. The third kappa shape index (κ3) is 4.94. The van der Waals surface area contributed by atoms with Gasteiger partial charge in [0, 0.05) is 17.3 Å². The lowest BCUT2D eigenvalue weighted by molar-refractivity contribution is -0.121. The topological polar surface area (TPSA) is 82.4 Å². The molecule has 0 fully saturated rings. The summed E-state index contributed by atoms with van der Waals surface area (Å²) in [7, 11) is 1.60. The molecule has 172 valence electrons. The van der Waals surface area contributed by atoms with Crippen LogP contribution >= 0.6 is 0 Å². The molecule has 3 aromatic rings. The van der Waals surface area contributed by atoms with Crippen LogP contribution in [-0.4, -0.2) is 25.0 Å². The Bertz CT molecular complexity index is 1210. The number of para-hydroxylation sites is 1. The fourth-order valence-electron chi connectivity index (χ4n) is 4.43. The van der Waals surface area contributed by atoms with Crippen molar-refractivity contribution < 1.29 is 14.3 Å². The highest BCUT2D eigenvalue weighted by atomic mass is 16.5. The second-order valence-corrected chi connectivity index (χ2v) is 8.50. The van der Waals surface area contributed by atoms with Gasteiger partial charge in [-0.2, -0.15) is 5.26 Å². The zero-order valence-corrected chi connectivity index (χ0v) is 19.3. The maximum absolute atomic E-state index is 13.4. The highest BCUT2D eigenvalue weighted by Gasteiger charge is 2.34. The molecule has 1 N–H and O–H groups in total. The predicted octanol–water partition coefficient (Wildman–Crippen LogP) is 4.60. The van der Waals surface area contributed by atoms with Crippen molar-refractivity contribution in [3.8, 4) is 11.8 Å². The maximum Gasteiger partial charge on any atom is 0.258 e. The minimum atomic E-state index is -0.184. The van der Waals surface area contributed by atoms with E-state index in [1.165, 1.54) is 0 Å². The summed E-state index contributed by atoms with van der Waals surface area (Å²) in [6, 6.07) is 24.2. The molecule has 0 bridgehead atoms. The van der Waals surface area contributed by atoms with Gasteiger partial charge in [0.2, 0.25) is 5.91 Å². The number of benzene rings is 3. The Balaban J connectivity index is 1.51. The van der Waals surface area contributed by atoms with Gasteiger partial charge in [0.15, 0.2) is 0 Å². The molecule has 2 unspecified atom stereocenters. The van der Waals surface area contributed by atoms with E-state index in [2.05, 4.69) is 11.4 Å². The number of anilines is 1. The standard InChI is InChI=1S/C28H27N3O3/c1-19-17-25(30-27(32)18-21-9-7-20(8-10-21)15-16-29)24-5-3-4-6-26(24)31(19)28(33)22-11-13-23(34-2)14-12-22/h3-14,19,25H,15,17-18H2,1-2H3,(H,30,32). The lowest BCUT2D eigenvalue weighted by Crippen LogP contribution is -2.46. The molecule has 3 aromatic carbocycles. The van der Waals surface area contributed by atoms with E-state index in [0.717, 1.165) is 22.4 Å². The molecule has 1 aliphatic rings. The molecule has 0 aromatic heterocycles. The van der Waals surface area contributed by atoms with Crippen molar-refractivity contribution in [3.05, 3.63) is 95.1 Å². The van der Waals surface area contributed by atoms with Crippen molar-refractivity contribution in [1.82, 2.24) is 5.32 Å². The quantitative estimate of drug-likeness (QED) is 0.591. The Morgan fingerprint density at radius 3 is 2.38 bits per heavy atom. The van der Waals surface area contributed by atoms with Crippen LogP contribution < -0.4 is 15.0 Å². The third-order valence-corrected chi connectivity index (χ3v) is 6.15. The van der Waals surface area contributed by atoms with E-state index >= 15 is 0 Å². The molecule has 0 aliphatic carbocycles. The van der Waals surface area contributed by atoms with Gasteiger partial charge in [-0.25, -0.2) is 0 Å². The molecule has 0 radical (unpaired) electrons. The molecule has 1 heterocycles. The molecular weight excluding hydrogens is 426 g/mol. The van der Waals surface area contributed by atoms with E-state index in [0.29, 0.717) is 24.2 Å². The van der Waals surface area contributed by atoms with Gasteiger partial charge in [-0.1, -0.05) is 42.5 Å². The van der Waals surface area contributed by atoms with E-state index in [9.17, 15) is 9.59 Å². The fourth-order valence-corrected chi connectivity index (χ4v) is 4.43. The van der Waals surface area contributed by atoms with Gasteiger partial charge >= 0.3 is 0 Å². The molecule has 0 saturated heterocycles. The Hall–Kier alpha value is -4.11. The van der Waals surface area contributed by atoms with Crippen LogP contribution in [0.3, 0.4) is 0 Å². The summed E-state index contributed by atoms with van der Waals surface area (Å²) in [5.74, 6) is 0.547. The van der Waals surface area contributed by atoms with Crippen LogP contribution in [0, 0.1) is 11.3 Å². The van der Waals surface area contributed by atoms with Crippen LogP contribution in [0.4, 0.5) is 5.69 Å². The highest BCUT2D eigenvalue weighted by molar-refractivity contribution is 6.07. The minimum absolute atomic E-state index is 0.0741. The van der Waals surface area contributed by atoms with Crippen LogP contribution in [0.2, 0.25) is 0 Å². The van der Waals surface area contributed by atoms with Crippen molar-refractivity contribution in [2.45, 2.75) is 38.3 Å². The average Bonchev–Trinajstić information content (AvgIpc) is 2.85. The van der Waals surface area contributed by atoms with E-state index in [-0.39, 0.29) is 30.3 Å². The predicted molar refractivity (Wildman–Crippen MR) is 131 cm³/mol. The monoisotopic (exact) mass is 453 g/mol. The Morgan fingerprint density at radius 2 is 1.71 bits per heavy atom. The number of methoxy groups -OCH3 is 1. The number of hydrogen-bond donors (Lipinski definition) is 1. The maximum atomic E-state index is 13.4. The highest BCUT2D eigenvalue weighted by Crippen LogP contribution is 2.38. The molecule has 4 rings (SSSR count). The van der Waals surface area contributed by atoms with E-state index in [1.54, 1.807) is 31.4 Å². The average molecular weight is 454 g/mol. The van der Waals surface area contributed by atoms with Gasteiger partial charge in [-0.15, -0.1) is 0 Å². The zero-order valence-electron chi connectivity index (χ0n) is 19.3. The lowest BCUT2D eigenvalue weighted by atomic mass is 9.90. The molecule has 0 spiro atoms. The van der Waals surface area contributed by atoms with Crippen LogP contribution in [0.1, 0.15) is 46.4 Å². The number of nitrogens with zero attached hydrogens (tertiary/aromatic N) is 2. The van der Waals surface area contributed by atoms with Gasteiger partial charge in [-0.3, -0.25) is 9.59 Å². The summed E-state index contributed by atoms with van der Waals surface area (Å²) in [6.07, 6.45) is 1.23. The zero-order chi connectivity index (χ0) is 24.1. The van der Waals surface area contributed by atoms with Crippen LogP contribution in [0.5, 0.6) is 5.75 Å². The van der Waals surface area contributed by atoms with Gasteiger partial charge in [-0.05, 0) is 60.4 Å². The SMILES string of the molecule is COc1ccc(C(=O)N2c3ccccc3C(NC(=O)Cc3ccc(CC#N)cc3)CC2C)cc1. The first-order valence-corrected chi connectivity index (χ1v) is 11.3. The summed E-state index contributed by atoms with van der Waals surface area (Å²) in [4.78, 5) is 28.1. The number of amides is 2. The number of rotatable bonds is 6. The molecule has 0 saturated carbocycles. The van der Waals surface area contributed by atoms with Crippen LogP contribution in [0.15, 0.2) is 72.8 Å². The summed E-state index contributed by atoms with van der Waals surface area (Å²) < 4.78 is 5.20. The van der Waals surface area contributed by atoms with Crippen LogP contribution in [0.25, 0.3) is 0 Å². The molecular formula is C28H27N3O3. The smallest absolute Gasteiger partial charge is 0.258 e. The van der Waals surface area contributed by atoms with E-state index in [1.807, 2.05) is 60.4 Å². The second kappa shape index (κ2) is 10.2. The number of carbonyl (C=O) groups is 2. The molecule has 2 amide bonds. The van der Waals surface area contributed by atoms with Crippen LogP contribution in [-0.2, 0) is 17.6 Å². The number of hydrogen-bond acceptors (Lipinski definition) is 4. The molecule has 2 atom stereocenters. The third-order valence-electron chi connectivity index (χ3n) is 6.15. The van der Waals surface area contributed by atoms with Gasteiger partial charge < -0.3 is 15.0 Å². The van der Waals surface area contributed by atoms with Gasteiger partial charge in [0.1, 0.15) is 5.75 Å². The van der Waals surface area contributed by atoms with Crippen molar-refractivity contribution in [1.29, 1.82) is 5.26 Å². The molecule has 1 aliphatic heterocycles. The largest absolute Gasteiger partial charge is 0.497 e. The first-order chi connectivity index (χ1) is 16.5. The molecule has 34 heavy (non-hydrogen) atoms. The molecule has 6 heteroatoms. The first-order valence-electron chi connectivity index (χ1n) is 11.3. The first kappa shape index (κ1) is 23.1. The van der Waals surface area contributed by atoms with Crippen molar-refractivity contribution in [3.63, 3.8) is 0 Å². The number of ether oxygens (including phenoxy) is 1. The Labute approximate surface area is 199 Å². The van der Waals surface area contributed by atoms with Crippen molar-refractivity contribution in [2.24, 2.45) is 0 Å². The second-order valence-electron chi connectivity index (χ2n) is 8.50. The number of fused-ring (bicyclic) bond motifs is 1. The van der Waals surface area contributed by atoms with Gasteiger partial charge in [0.05, 0.1) is 32.1 Å². The number of nitrogens with one attached hydrogen (secondary N) is 1. The Kier molecular flexibility index (Phi) is 6.93. The number of nitriles is 1. The summed E-state index contributed by atoms with van der Waals surface area (Å²) >= 11 is 0. The van der Waals surface area contributed by atoms with Crippen molar-refractivity contribution >= 4 is 17.5 Å². The molecule has 6 nitrogen and oxygen atoms in total. The summed E-state index contributed by atoms with van der Waals surface area (Å²) in [5.41, 5.74) is 4.16. The van der Waals surface area contributed by atoms with E-state index in [4.69, 9.17) is 10.00 Å². The number of carbonyl (C=O) groups excluding carboxylic acids is 2. The lowest BCUT2D eigenvalue weighted by Gasteiger charge is -2.39. The normalized spacial score (nSPS) is 16.8. The summed E-state index contributed by atoms with van der Waals surface area (Å²) in [5, 5.41) is 12.0. The van der Waals surface area contributed by atoms with Crippen molar-refractivity contribution in [2.75, 3.05) is 12.0 Å².